The molecule has 2 aromatic heterocycles. The van der Waals surface area contributed by atoms with Crippen molar-refractivity contribution in [2.75, 3.05) is 36.4 Å². The lowest BCUT2D eigenvalue weighted by atomic mass is 10.4. The van der Waals surface area contributed by atoms with E-state index in [0.29, 0.717) is 32.1 Å². The van der Waals surface area contributed by atoms with Crippen molar-refractivity contribution in [1.29, 1.82) is 0 Å². The number of anilines is 2. The molecular formula is C13H16N6O3S2. The highest BCUT2D eigenvalue weighted by molar-refractivity contribution is 7.91. The van der Waals surface area contributed by atoms with Crippen LogP contribution in [0.3, 0.4) is 0 Å². The topological polar surface area (TPSA) is 108 Å². The van der Waals surface area contributed by atoms with E-state index in [1.54, 1.807) is 18.5 Å². The van der Waals surface area contributed by atoms with Crippen molar-refractivity contribution in [2.24, 2.45) is 0 Å². The maximum absolute atomic E-state index is 12.7. The fraction of sp³-hybridized carbons (Fsp3) is 0.385. The summed E-state index contributed by atoms with van der Waals surface area (Å²) in [5, 5.41) is 2.76. The Labute approximate surface area is 143 Å². The summed E-state index contributed by atoms with van der Waals surface area (Å²) in [7, 11) is -3.61. The van der Waals surface area contributed by atoms with E-state index in [1.165, 1.54) is 17.4 Å². The van der Waals surface area contributed by atoms with Crippen molar-refractivity contribution in [3.63, 3.8) is 0 Å². The first kappa shape index (κ1) is 16.7. The Balaban J connectivity index is 1.68. The quantitative estimate of drug-likeness (QED) is 0.832. The largest absolute Gasteiger partial charge is 0.338 e. The van der Waals surface area contributed by atoms with Gasteiger partial charge in [-0.15, -0.1) is 0 Å². The number of carbonyl (C=O) groups is 1. The van der Waals surface area contributed by atoms with Crippen molar-refractivity contribution in [3.8, 4) is 0 Å². The lowest BCUT2D eigenvalue weighted by Crippen LogP contribution is -2.49. The van der Waals surface area contributed by atoms with Crippen LogP contribution in [0.25, 0.3) is 0 Å². The number of carbonyl (C=O) groups excluding carboxylic acids is 1. The van der Waals surface area contributed by atoms with Crippen LogP contribution in [0.4, 0.5) is 11.1 Å². The second-order valence-electron chi connectivity index (χ2n) is 5.11. The predicted molar refractivity (Wildman–Crippen MR) is 89.4 cm³/mol. The number of nitrogens with one attached hydrogen (secondary N) is 1. The average molecular weight is 368 g/mol. The first-order chi connectivity index (χ1) is 11.5. The minimum atomic E-state index is -3.61. The summed E-state index contributed by atoms with van der Waals surface area (Å²) in [6, 6.07) is 1.74. The fourth-order valence-electron chi connectivity index (χ4n) is 2.30. The van der Waals surface area contributed by atoms with Crippen LogP contribution < -0.4 is 10.2 Å². The molecule has 1 aliphatic heterocycles. The molecule has 1 saturated heterocycles. The van der Waals surface area contributed by atoms with E-state index < -0.39 is 10.0 Å². The normalized spacial score (nSPS) is 16.1. The highest BCUT2D eigenvalue weighted by atomic mass is 32.2. The van der Waals surface area contributed by atoms with Crippen molar-refractivity contribution in [2.45, 2.75) is 11.1 Å². The molecule has 24 heavy (non-hydrogen) atoms. The number of sulfonamides is 1. The van der Waals surface area contributed by atoms with Gasteiger partial charge in [0.2, 0.25) is 11.9 Å². The van der Waals surface area contributed by atoms with Crippen LogP contribution in [0.5, 0.6) is 0 Å². The third-order valence-corrected chi connectivity index (χ3v) is 6.68. The van der Waals surface area contributed by atoms with Gasteiger partial charge in [0.25, 0.3) is 10.0 Å². The summed E-state index contributed by atoms with van der Waals surface area (Å²) < 4.78 is 26.9. The third-order valence-electron chi connectivity index (χ3n) is 3.44. The highest BCUT2D eigenvalue weighted by Gasteiger charge is 2.30. The summed E-state index contributed by atoms with van der Waals surface area (Å²) in [6.45, 7) is 3.06. The molecule has 9 nitrogen and oxygen atoms in total. The molecule has 0 aliphatic carbocycles. The van der Waals surface area contributed by atoms with Gasteiger partial charge in [0.15, 0.2) is 9.34 Å². The lowest BCUT2D eigenvalue weighted by Gasteiger charge is -2.33. The smallest absolute Gasteiger partial charge is 0.254 e. The molecule has 1 fully saturated rings. The standard InChI is InChI=1S/C13H16N6O3S2/c1-10(20)17-13-16-9-11(23-13)24(21,22)19-7-5-18(6-8-19)12-14-3-2-4-15-12/h2-4,9H,5-8H2,1H3,(H,16,17,20). The van der Waals surface area contributed by atoms with Gasteiger partial charge in [0.1, 0.15) is 0 Å². The summed E-state index contributed by atoms with van der Waals surface area (Å²) in [5.41, 5.74) is 0. The van der Waals surface area contributed by atoms with Gasteiger partial charge >= 0.3 is 0 Å². The number of amides is 1. The number of hydrogen-bond acceptors (Lipinski definition) is 8. The van der Waals surface area contributed by atoms with Crippen LogP contribution in [-0.4, -0.2) is 59.8 Å². The van der Waals surface area contributed by atoms with Crippen LogP contribution >= 0.6 is 11.3 Å². The van der Waals surface area contributed by atoms with Gasteiger partial charge in [-0.05, 0) is 6.07 Å². The molecular weight excluding hydrogens is 352 g/mol. The molecule has 0 atom stereocenters. The molecule has 1 N–H and O–H groups in total. The molecule has 0 unspecified atom stereocenters. The minimum absolute atomic E-state index is 0.121. The summed E-state index contributed by atoms with van der Waals surface area (Å²) in [5.74, 6) is 0.310. The van der Waals surface area contributed by atoms with Gasteiger partial charge in [-0.25, -0.2) is 23.4 Å². The molecule has 128 valence electrons. The number of piperazine rings is 1. The number of aromatic nitrogens is 3. The van der Waals surface area contributed by atoms with E-state index in [2.05, 4.69) is 20.3 Å². The van der Waals surface area contributed by atoms with E-state index in [-0.39, 0.29) is 15.2 Å². The number of rotatable bonds is 4. The van der Waals surface area contributed by atoms with Gasteiger partial charge in [-0.3, -0.25) is 4.79 Å². The van der Waals surface area contributed by atoms with E-state index >= 15 is 0 Å². The Morgan fingerprint density at radius 1 is 1.17 bits per heavy atom. The number of thiazole rings is 1. The van der Waals surface area contributed by atoms with Gasteiger partial charge in [0, 0.05) is 45.5 Å². The molecule has 1 aliphatic rings. The van der Waals surface area contributed by atoms with Crippen LogP contribution in [0.1, 0.15) is 6.92 Å². The third kappa shape index (κ3) is 3.52. The van der Waals surface area contributed by atoms with E-state index in [4.69, 9.17) is 0 Å². The molecule has 11 heteroatoms. The first-order valence-electron chi connectivity index (χ1n) is 7.22. The summed E-state index contributed by atoms with van der Waals surface area (Å²) >= 11 is 0.948. The molecule has 3 heterocycles. The van der Waals surface area contributed by atoms with Gasteiger partial charge in [0.05, 0.1) is 6.20 Å². The summed E-state index contributed by atoms with van der Waals surface area (Å²) in [4.78, 5) is 25.3. The van der Waals surface area contributed by atoms with Gasteiger partial charge < -0.3 is 10.2 Å². The Bertz CT molecular complexity index is 815. The van der Waals surface area contributed by atoms with Crippen LogP contribution in [0.15, 0.2) is 28.9 Å². The molecule has 0 spiro atoms. The van der Waals surface area contributed by atoms with E-state index in [1.807, 2.05) is 4.90 Å². The summed E-state index contributed by atoms with van der Waals surface area (Å²) in [6.07, 6.45) is 4.59. The Kier molecular flexibility index (Phi) is 4.73. The fourth-order valence-corrected chi connectivity index (χ4v) is 4.95. The second-order valence-corrected chi connectivity index (χ2v) is 8.30. The van der Waals surface area contributed by atoms with Crippen LogP contribution in [-0.2, 0) is 14.8 Å². The van der Waals surface area contributed by atoms with Gasteiger partial charge in [-0.1, -0.05) is 11.3 Å². The first-order valence-corrected chi connectivity index (χ1v) is 9.48. The highest BCUT2D eigenvalue weighted by Crippen LogP contribution is 2.26. The van der Waals surface area contributed by atoms with Crippen LogP contribution in [0, 0.1) is 0 Å². The zero-order valence-electron chi connectivity index (χ0n) is 12.9. The average Bonchev–Trinajstić information content (AvgIpc) is 3.04. The molecule has 0 aromatic carbocycles. The van der Waals surface area contributed by atoms with Crippen molar-refractivity contribution in [3.05, 3.63) is 24.7 Å². The zero-order valence-corrected chi connectivity index (χ0v) is 14.5. The second kappa shape index (κ2) is 6.79. The minimum Gasteiger partial charge on any atom is -0.338 e. The Hall–Kier alpha value is -2.11. The Morgan fingerprint density at radius 3 is 2.46 bits per heavy atom. The van der Waals surface area contributed by atoms with Crippen molar-refractivity contribution >= 4 is 38.3 Å². The number of hydrogen-bond donors (Lipinski definition) is 1. The van der Waals surface area contributed by atoms with Crippen LogP contribution in [0.2, 0.25) is 0 Å². The predicted octanol–water partition coefficient (Wildman–Crippen LogP) is 0.402. The molecule has 0 saturated carbocycles. The Morgan fingerprint density at radius 2 is 1.83 bits per heavy atom. The van der Waals surface area contributed by atoms with E-state index in [0.717, 1.165) is 11.3 Å². The SMILES string of the molecule is CC(=O)Nc1ncc(S(=O)(=O)N2CCN(c3ncccn3)CC2)s1. The molecule has 0 radical (unpaired) electrons. The maximum atomic E-state index is 12.7. The number of nitrogens with zero attached hydrogens (tertiary/aromatic N) is 5. The maximum Gasteiger partial charge on any atom is 0.254 e. The monoisotopic (exact) mass is 368 g/mol. The molecule has 1 amide bonds. The zero-order chi connectivity index (χ0) is 17.2. The molecule has 3 rings (SSSR count). The molecule has 0 bridgehead atoms. The van der Waals surface area contributed by atoms with Crippen molar-refractivity contribution < 1.29 is 13.2 Å². The van der Waals surface area contributed by atoms with Crippen molar-refractivity contribution in [1.82, 2.24) is 19.3 Å². The lowest BCUT2D eigenvalue weighted by molar-refractivity contribution is -0.114. The van der Waals surface area contributed by atoms with E-state index in [9.17, 15) is 13.2 Å². The molecule has 2 aromatic rings. The van der Waals surface area contributed by atoms with Gasteiger partial charge in [-0.2, -0.15) is 4.31 Å².